The van der Waals surface area contributed by atoms with Crippen molar-refractivity contribution in [2.45, 2.75) is 26.3 Å². The fourth-order valence-corrected chi connectivity index (χ4v) is 1.32. The van der Waals surface area contributed by atoms with Crippen LogP contribution in [0.25, 0.3) is 0 Å². The van der Waals surface area contributed by atoms with Gasteiger partial charge in [0.1, 0.15) is 0 Å². The lowest BCUT2D eigenvalue weighted by Gasteiger charge is -2.13. The summed E-state index contributed by atoms with van der Waals surface area (Å²) in [6.45, 7) is 4.95. The van der Waals surface area contributed by atoms with E-state index in [2.05, 4.69) is 49.5 Å². The normalized spacial score (nSPS) is 12.1. The van der Waals surface area contributed by atoms with E-state index in [0.29, 0.717) is 12.5 Å². The molecular weight excluding hydrogens is 172 g/mol. The highest BCUT2D eigenvalue weighted by Crippen LogP contribution is 2.12. The van der Waals surface area contributed by atoms with Crippen LogP contribution >= 0.6 is 0 Å². The lowest BCUT2D eigenvalue weighted by atomic mass is 10.1. The quantitative estimate of drug-likeness (QED) is 0.737. The molecular formula is C12H16N2. The Labute approximate surface area is 85.6 Å². The topological polar surface area (TPSA) is 35.8 Å². The van der Waals surface area contributed by atoms with Crippen molar-refractivity contribution >= 4 is 0 Å². The Morgan fingerprint density at radius 1 is 1.36 bits per heavy atom. The van der Waals surface area contributed by atoms with Crippen molar-refractivity contribution in [1.82, 2.24) is 5.32 Å². The summed E-state index contributed by atoms with van der Waals surface area (Å²) in [6, 6.07) is 10.9. The van der Waals surface area contributed by atoms with E-state index in [-0.39, 0.29) is 0 Å². The van der Waals surface area contributed by atoms with Crippen LogP contribution in [0.2, 0.25) is 0 Å². The summed E-state index contributed by atoms with van der Waals surface area (Å²) < 4.78 is 0. The van der Waals surface area contributed by atoms with Gasteiger partial charge in [0.05, 0.1) is 6.07 Å². The first-order valence-electron chi connectivity index (χ1n) is 4.91. The second-order valence-corrected chi connectivity index (χ2v) is 3.49. The standard InChI is InChI=1S/C12H16N2/c1-10-4-6-12(7-5-10)11(2)14-9-3-8-13/h4-7,11,14H,3,9H2,1-2H3/t11-/m0/s1. The largest absolute Gasteiger partial charge is 0.309 e. The van der Waals surface area contributed by atoms with Gasteiger partial charge in [-0.3, -0.25) is 0 Å². The molecule has 14 heavy (non-hydrogen) atoms. The molecule has 1 atom stereocenters. The van der Waals surface area contributed by atoms with Crippen molar-refractivity contribution in [3.63, 3.8) is 0 Å². The number of benzene rings is 1. The molecule has 1 N–H and O–H groups in total. The minimum absolute atomic E-state index is 0.323. The molecule has 1 aromatic rings. The lowest BCUT2D eigenvalue weighted by molar-refractivity contribution is 0.583. The highest BCUT2D eigenvalue weighted by molar-refractivity contribution is 5.23. The summed E-state index contributed by atoms with van der Waals surface area (Å²) in [7, 11) is 0. The van der Waals surface area contributed by atoms with E-state index in [4.69, 9.17) is 5.26 Å². The van der Waals surface area contributed by atoms with E-state index in [0.717, 1.165) is 6.54 Å². The minimum Gasteiger partial charge on any atom is -0.309 e. The lowest BCUT2D eigenvalue weighted by Crippen LogP contribution is -2.19. The molecule has 0 aromatic heterocycles. The Morgan fingerprint density at radius 2 is 2.00 bits per heavy atom. The second-order valence-electron chi connectivity index (χ2n) is 3.49. The summed E-state index contributed by atoms with van der Waals surface area (Å²) in [5.41, 5.74) is 2.55. The van der Waals surface area contributed by atoms with Gasteiger partial charge in [0.2, 0.25) is 0 Å². The Bertz CT molecular complexity index is 308. The zero-order chi connectivity index (χ0) is 10.4. The van der Waals surface area contributed by atoms with Crippen LogP contribution in [0.15, 0.2) is 24.3 Å². The van der Waals surface area contributed by atoms with Crippen LogP contribution in [-0.2, 0) is 0 Å². The molecule has 2 nitrogen and oxygen atoms in total. The monoisotopic (exact) mass is 188 g/mol. The maximum atomic E-state index is 8.40. The van der Waals surface area contributed by atoms with Gasteiger partial charge in [-0.1, -0.05) is 29.8 Å². The highest BCUT2D eigenvalue weighted by Gasteiger charge is 2.02. The van der Waals surface area contributed by atoms with Crippen LogP contribution in [0.1, 0.15) is 30.5 Å². The van der Waals surface area contributed by atoms with Crippen molar-refractivity contribution in [2.24, 2.45) is 0 Å². The first-order chi connectivity index (χ1) is 6.74. The van der Waals surface area contributed by atoms with Gasteiger partial charge in [0, 0.05) is 19.0 Å². The van der Waals surface area contributed by atoms with Crippen molar-refractivity contribution < 1.29 is 0 Å². The molecule has 1 aromatic carbocycles. The van der Waals surface area contributed by atoms with Gasteiger partial charge in [0.25, 0.3) is 0 Å². The second kappa shape index (κ2) is 5.41. The summed E-state index contributed by atoms with van der Waals surface area (Å²) in [5.74, 6) is 0. The van der Waals surface area contributed by atoms with Crippen LogP contribution in [0.4, 0.5) is 0 Å². The van der Waals surface area contributed by atoms with Crippen LogP contribution in [0, 0.1) is 18.3 Å². The van der Waals surface area contributed by atoms with E-state index >= 15 is 0 Å². The summed E-state index contributed by atoms with van der Waals surface area (Å²) in [4.78, 5) is 0. The van der Waals surface area contributed by atoms with Gasteiger partial charge in [-0.25, -0.2) is 0 Å². The zero-order valence-corrected chi connectivity index (χ0v) is 8.75. The van der Waals surface area contributed by atoms with Gasteiger partial charge >= 0.3 is 0 Å². The molecule has 0 radical (unpaired) electrons. The Hall–Kier alpha value is -1.33. The molecule has 74 valence electrons. The van der Waals surface area contributed by atoms with Crippen molar-refractivity contribution in [1.29, 1.82) is 5.26 Å². The SMILES string of the molecule is Cc1ccc([C@H](C)NCCC#N)cc1. The third kappa shape index (κ3) is 3.20. The number of nitrogens with one attached hydrogen (secondary N) is 1. The molecule has 0 bridgehead atoms. The van der Waals surface area contributed by atoms with Gasteiger partial charge in [-0.15, -0.1) is 0 Å². The van der Waals surface area contributed by atoms with Crippen LogP contribution < -0.4 is 5.32 Å². The summed E-state index contributed by atoms with van der Waals surface area (Å²) in [5, 5.41) is 11.7. The predicted octanol–water partition coefficient (Wildman–Crippen LogP) is 2.56. The van der Waals surface area contributed by atoms with Gasteiger partial charge in [-0.2, -0.15) is 5.26 Å². The minimum atomic E-state index is 0.323. The summed E-state index contributed by atoms with van der Waals surface area (Å²) in [6.07, 6.45) is 0.566. The van der Waals surface area contributed by atoms with E-state index in [1.807, 2.05) is 0 Å². The maximum Gasteiger partial charge on any atom is 0.0635 e. The molecule has 0 saturated heterocycles. The summed E-state index contributed by atoms with van der Waals surface area (Å²) >= 11 is 0. The van der Waals surface area contributed by atoms with Crippen LogP contribution in [0.3, 0.4) is 0 Å². The molecule has 0 fully saturated rings. The molecule has 0 heterocycles. The van der Waals surface area contributed by atoms with Gasteiger partial charge in [0.15, 0.2) is 0 Å². The average Bonchev–Trinajstić information content (AvgIpc) is 2.19. The van der Waals surface area contributed by atoms with Crippen molar-refractivity contribution in [2.75, 3.05) is 6.54 Å². The van der Waals surface area contributed by atoms with Crippen molar-refractivity contribution in [3.8, 4) is 6.07 Å². The Morgan fingerprint density at radius 3 is 2.57 bits per heavy atom. The van der Waals surface area contributed by atoms with E-state index < -0.39 is 0 Å². The smallest absolute Gasteiger partial charge is 0.0635 e. The van der Waals surface area contributed by atoms with Crippen LogP contribution in [0.5, 0.6) is 0 Å². The van der Waals surface area contributed by atoms with E-state index in [9.17, 15) is 0 Å². The van der Waals surface area contributed by atoms with Crippen molar-refractivity contribution in [3.05, 3.63) is 35.4 Å². The molecule has 2 heteroatoms. The molecule has 1 rings (SSSR count). The number of nitrogens with zero attached hydrogens (tertiary/aromatic N) is 1. The number of rotatable bonds is 4. The third-order valence-electron chi connectivity index (χ3n) is 2.26. The fraction of sp³-hybridized carbons (Fsp3) is 0.417. The predicted molar refractivity (Wildman–Crippen MR) is 57.8 cm³/mol. The molecule has 0 spiro atoms. The Kier molecular flexibility index (Phi) is 4.15. The van der Waals surface area contributed by atoms with E-state index in [1.165, 1.54) is 11.1 Å². The van der Waals surface area contributed by atoms with E-state index in [1.54, 1.807) is 0 Å². The average molecular weight is 188 g/mol. The highest BCUT2D eigenvalue weighted by atomic mass is 14.9. The molecule has 0 saturated carbocycles. The molecule has 0 aliphatic carbocycles. The first kappa shape index (κ1) is 10.7. The molecule has 0 aliphatic rings. The number of aryl methyl sites for hydroxylation is 1. The molecule has 0 aliphatic heterocycles. The fourth-order valence-electron chi connectivity index (χ4n) is 1.32. The number of nitriles is 1. The molecule has 0 amide bonds. The number of hydrogen-bond donors (Lipinski definition) is 1. The zero-order valence-electron chi connectivity index (χ0n) is 8.75. The van der Waals surface area contributed by atoms with Gasteiger partial charge in [-0.05, 0) is 19.4 Å². The Balaban J connectivity index is 2.48. The molecule has 0 unspecified atom stereocenters. The number of hydrogen-bond acceptors (Lipinski definition) is 2. The maximum absolute atomic E-state index is 8.40. The van der Waals surface area contributed by atoms with Gasteiger partial charge < -0.3 is 5.32 Å². The third-order valence-corrected chi connectivity index (χ3v) is 2.26. The first-order valence-corrected chi connectivity index (χ1v) is 4.91. The van der Waals surface area contributed by atoms with Crippen LogP contribution in [-0.4, -0.2) is 6.54 Å².